The largest absolute Gasteiger partial charge is 0.515 e. The number of amides is 1. The second kappa shape index (κ2) is 12.3. The summed E-state index contributed by atoms with van der Waals surface area (Å²) in [5.74, 6) is -0.0154. The Kier molecular flexibility index (Phi) is 10.8. The zero-order valence-corrected chi connectivity index (χ0v) is 19.6. The topological polar surface area (TPSA) is 90.9 Å². The lowest BCUT2D eigenvalue weighted by molar-refractivity contribution is -0.136. The summed E-state index contributed by atoms with van der Waals surface area (Å²) < 4.78 is 28.5. The molecule has 1 rings (SSSR count). The fourth-order valence-electron chi connectivity index (χ4n) is 3.33. The minimum Gasteiger partial charge on any atom is -0.466 e. The Hall–Kier alpha value is -1.46. The second-order valence-corrected chi connectivity index (χ2v) is 10.1. The van der Waals surface area contributed by atoms with E-state index in [1.165, 1.54) is 13.5 Å². The molecule has 0 aromatic rings. The van der Waals surface area contributed by atoms with E-state index in [9.17, 15) is 14.2 Å². The number of ether oxygens (including phenoxy) is 2. The van der Waals surface area contributed by atoms with E-state index in [1.807, 2.05) is 13.8 Å². The van der Waals surface area contributed by atoms with E-state index in [0.717, 1.165) is 25.7 Å². The van der Waals surface area contributed by atoms with Gasteiger partial charge < -0.3 is 9.47 Å². The van der Waals surface area contributed by atoms with Crippen LogP contribution < -0.4 is 5.32 Å². The van der Waals surface area contributed by atoms with Gasteiger partial charge in [0.2, 0.25) is 6.16 Å². The molecular weight excluding hydrogens is 393 g/mol. The number of esters is 1. The molecule has 0 aliphatic heterocycles. The van der Waals surface area contributed by atoms with Gasteiger partial charge in [-0.3, -0.25) is 5.32 Å². The fourth-order valence-corrected chi connectivity index (χ4v) is 4.34. The minimum atomic E-state index is -2.21. The lowest BCUT2D eigenvalue weighted by atomic mass is 9.86. The van der Waals surface area contributed by atoms with Gasteiger partial charge in [-0.05, 0) is 37.2 Å². The summed E-state index contributed by atoms with van der Waals surface area (Å²) in [4.78, 5) is 24.2. The van der Waals surface area contributed by atoms with E-state index in [-0.39, 0.29) is 12.1 Å². The van der Waals surface area contributed by atoms with Crippen molar-refractivity contribution in [3.05, 3.63) is 11.6 Å². The maximum absolute atomic E-state index is 12.7. The van der Waals surface area contributed by atoms with Crippen molar-refractivity contribution in [1.82, 2.24) is 5.32 Å². The third-order valence-electron chi connectivity index (χ3n) is 4.48. The summed E-state index contributed by atoms with van der Waals surface area (Å²) >= 11 is 0. The van der Waals surface area contributed by atoms with Crippen molar-refractivity contribution in [2.75, 3.05) is 13.3 Å². The Balaban J connectivity index is 2.80. The van der Waals surface area contributed by atoms with Crippen LogP contribution in [0.3, 0.4) is 0 Å². The van der Waals surface area contributed by atoms with Crippen molar-refractivity contribution >= 4 is 20.1 Å². The number of hydrogen-bond acceptors (Lipinski definition) is 6. The molecule has 1 amide bonds. The molecule has 1 N–H and O–H groups in total. The van der Waals surface area contributed by atoms with Crippen molar-refractivity contribution in [1.29, 1.82) is 0 Å². The number of allylic oxidation sites excluding steroid dienone is 1. The third kappa shape index (κ3) is 11.3. The Bertz CT molecular complexity index is 590. The third-order valence-corrected chi connectivity index (χ3v) is 5.56. The number of nitrogens with one attached hydrogen (secondary N) is 1. The van der Waals surface area contributed by atoms with E-state index in [1.54, 1.807) is 26.8 Å². The summed E-state index contributed by atoms with van der Waals surface area (Å²) in [6.07, 6.45) is 6.55. The van der Waals surface area contributed by atoms with Gasteiger partial charge in [0.25, 0.3) is 0 Å². The van der Waals surface area contributed by atoms with Gasteiger partial charge in [0.05, 0.1) is 12.7 Å². The Morgan fingerprint density at radius 2 is 1.79 bits per heavy atom. The van der Waals surface area contributed by atoms with Gasteiger partial charge in [-0.2, -0.15) is 0 Å². The highest BCUT2D eigenvalue weighted by Crippen LogP contribution is 2.33. The van der Waals surface area contributed by atoms with Gasteiger partial charge >= 0.3 is 20.1 Å². The zero-order valence-electron chi connectivity index (χ0n) is 18.7. The Morgan fingerprint density at radius 1 is 1.17 bits per heavy atom. The van der Waals surface area contributed by atoms with Gasteiger partial charge in [0.1, 0.15) is 5.60 Å². The molecule has 0 radical (unpaired) electrons. The van der Waals surface area contributed by atoms with Gasteiger partial charge in [-0.25, -0.2) is 9.59 Å². The fraction of sp³-hybridized carbons (Fsp3) is 0.810. The van der Waals surface area contributed by atoms with E-state index in [0.29, 0.717) is 17.9 Å². The van der Waals surface area contributed by atoms with Crippen LogP contribution in [0.5, 0.6) is 0 Å². The van der Waals surface area contributed by atoms with Crippen LogP contribution in [0.1, 0.15) is 73.1 Å². The maximum atomic E-state index is 12.7. The first-order chi connectivity index (χ1) is 13.5. The average Bonchev–Trinajstić information content (AvgIpc) is 2.59. The van der Waals surface area contributed by atoms with E-state index in [2.05, 4.69) is 5.32 Å². The first kappa shape index (κ1) is 25.6. The number of rotatable bonds is 9. The molecule has 1 aliphatic rings. The molecular formula is C21H37NO6P+. The quantitative estimate of drug-likeness (QED) is 0.230. The van der Waals surface area contributed by atoms with Crippen LogP contribution in [0.25, 0.3) is 0 Å². The van der Waals surface area contributed by atoms with E-state index in [4.69, 9.17) is 14.0 Å². The molecule has 1 fully saturated rings. The van der Waals surface area contributed by atoms with Crippen LogP contribution in [0.2, 0.25) is 0 Å². The highest BCUT2D eigenvalue weighted by molar-refractivity contribution is 7.39. The highest BCUT2D eigenvalue weighted by atomic mass is 31.1. The van der Waals surface area contributed by atoms with Gasteiger partial charge in [0, 0.05) is 6.42 Å². The lowest BCUT2D eigenvalue weighted by Crippen LogP contribution is -2.41. The summed E-state index contributed by atoms with van der Waals surface area (Å²) in [6, 6.07) is 0. The molecule has 0 saturated heterocycles. The maximum Gasteiger partial charge on any atom is 0.515 e. The van der Waals surface area contributed by atoms with E-state index >= 15 is 0 Å². The predicted octanol–water partition coefficient (Wildman–Crippen LogP) is 5.32. The average molecular weight is 431 g/mol. The molecule has 8 heteroatoms. The van der Waals surface area contributed by atoms with Gasteiger partial charge in [0.15, 0.2) is 6.23 Å². The van der Waals surface area contributed by atoms with Crippen LogP contribution >= 0.6 is 8.03 Å². The molecule has 0 aromatic heterocycles. The monoisotopic (exact) mass is 430 g/mol. The van der Waals surface area contributed by atoms with Crippen molar-refractivity contribution in [2.45, 2.75) is 85.0 Å². The molecule has 2 unspecified atom stereocenters. The molecule has 2 atom stereocenters. The van der Waals surface area contributed by atoms with Crippen LogP contribution in [0.4, 0.5) is 4.79 Å². The van der Waals surface area contributed by atoms with E-state index < -0.39 is 31.9 Å². The summed E-state index contributed by atoms with van der Waals surface area (Å²) in [5.41, 5.74) is -0.322. The van der Waals surface area contributed by atoms with Crippen LogP contribution in [0.15, 0.2) is 11.6 Å². The predicted molar refractivity (Wildman–Crippen MR) is 113 cm³/mol. The number of carbonyl (C=O) groups is 2. The van der Waals surface area contributed by atoms with Crippen LogP contribution in [-0.4, -0.2) is 37.2 Å². The lowest BCUT2D eigenvalue weighted by Gasteiger charge is -2.26. The molecule has 0 aromatic carbocycles. The molecule has 1 saturated carbocycles. The molecule has 29 heavy (non-hydrogen) atoms. The standard InChI is InChI=1S/C21H36NO6P/c1-15(2)12-17(19(23)26-6)14-29(25)28-18(13-16-10-8-7-9-11-16)22-20(24)27-21(3,4)5/h12,15-16,18H,7-11,13-14H2,1-6H3/p+1/b17-12+. The first-order valence-electron chi connectivity index (χ1n) is 10.4. The van der Waals surface area contributed by atoms with Crippen LogP contribution in [-0.2, 0) is 23.4 Å². The molecule has 0 bridgehead atoms. The number of methoxy groups -OCH3 is 1. The van der Waals surface area contributed by atoms with Gasteiger partial charge in [-0.15, -0.1) is 4.52 Å². The van der Waals surface area contributed by atoms with Gasteiger partial charge in [-0.1, -0.05) is 52.0 Å². The van der Waals surface area contributed by atoms with Crippen molar-refractivity contribution < 1.29 is 28.2 Å². The van der Waals surface area contributed by atoms with Crippen LogP contribution in [0, 0.1) is 11.8 Å². The minimum absolute atomic E-state index is 0.0582. The summed E-state index contributed by atoms with van der Waals surface area (Å²) in [7, 11) is -0.916. The zero-order chi connectivity index (χ0) is 22.0. The highest BCUT2D eigenvalue weighted by Gasteiger charge is 2.33. The van der Waals surface area contributed by atoms with Crippen molar-refractivity contribution in [3.8, 4) is 0 Å². The SMILES string of the molecule is COC(=O)/C(=C/C(C)C)C[P+](=O)OC(CC1CCCCC1)NC(=O)OC(C)(C)C. The van der Waals surface area contributed by atoms with Crippen molar-refractivity contribution in [3.63, 3.8) is 0 Å². The Labute approximate surface area is 175 Å². The summed E-state index contributed by atoms with van der Waals surface area (Å²) in [6.45, 7) is 9.19. The second-order valence-electron chi connectivity index (χ2n) is 8.90. The molecule has 1 aliphatic carbocycles. The Morgan fingerprint density at radius 3 is 2.31 bits per heavy atom. The molecule has 0 heterocycles. The van der Waals surface area contributed by atoms with Crippen molar-refractivity contribution in [2.24, 2.45) is 11.8 Å². The number of carbonyl (C=O) groups excluding carboxylic acids is 2. The molecule has 0 spiro atoms. The number of hydrogen-bond donors (Lipinski definition) is 1. The normalized spacial score (nSPS) is 17.6. The number of alkyl carbamates (subject to hydrolysis) is 1. The smallest absolute Gasteiger partial charge is 0.466 e. The molecule has 7 nitrogen and oxygen atoms in total. The molecule has 166 valence electrons. The summed E-state index contributed by atoms with van der Waals surface area (Å²) in [5, 5.41) is 2.71. The first-order valence-corrected chi connectivity index (χ1v) is 11.8.